The van der Waals surface area contributed by atoms with Crippen molar-refractivity contribution in [3.8, 4) is 11.5 Å². The summed E-state index contributed by atoms with van der Waals surface area (Å²) in [4.78, 5) is 4.16. The minimum Gasteiger partial charge on any atom is -0.441 e. The number of aromatic nitrogens is 3. The summed E-state index contributed by atoms with van der Waals surface area (Å²) < 4.78 is 7.36. The van der Waals surface area contributed by atoms with Crippen LogP contribution in [-0.4, -0.2) is 10.1 Å². The maximum atomic E-state index is 5.43. The summed E-state index contributed by atoms with van der Waals surface area (Å²) in [5.74, 6) is 1.45. The van der Waals surface area contributed by atoms with Crippen molar-refractivity contribution in [1.29, 1.82) is 0 Å². The number of rotatable bonds is 4. The van der Waals surface area contributed by atoms with Crippen LogP contribution in [0.1, 0.15) is 25.5 Å². The standard InChI is InChI=1S/C12H16N3O/c1-3-4-6-15-7-5-11(9-14-15)12-13-8-10(2)16-12/h5,7-9H,3-4,6H2,1-2H3/q+1. The van der Waals surface area contributed by atoms with Crippen LogP contribution in [0.4, 0.5) is 0 Å². The van der Waals surface area contributed by atoms with Crippen LogP contribution in [0.3, 0.4) is 0 Å². The molecule has 2 rings (SSSR count). The zero-order valence-corrected chi connectivity index (χ0v) is 9.68. The predicted molar refractivity (Wildman–Crippen MR) is 59.6 cm³/mol. The van der Waals surface area contributed by atoms with Crippen molar-refractivity contribution in [2.75, 3.05) is 0 Å². The quantitative estimate of drug-likeness (QED) is 0.738. The minimum atomic E-state index is 0.632. The molecule has 2 aromatic rings. The molecule has 4 heteroatoms. The largest absolute Gasteiger partial charge is 0.441 e. The molecule has 0 N–H and O–H groups in total. The van der Waals surface area contributed by atoms with Crippen LogP contribution in [-0.2, 0) is 6.54 Å². The first-order chi connectivity index (χ1) is 7.79. The SMILES string of the molecule is CCCC[n+]1ccc(-c2ncc(C)o2)cn1. The molecule has 0 aromatic carbocycles. The third-order valence-corrected chi connectivity index (χ3v) is 2.38. The molecule has 0 fully saturated rings. The first kappa shape index (κ1) is 10.8. The second-order valence-electron chi connectivity index (χ2n) is 3.81. The molecule has 4 nitrogen and oxygen atoms in total. The van der Waals surface area contributed by atoms with Crippen LogP contribution in [0.15, 0.2) is 29.1 Å². The third-order valence-electron chi connectivity index (χ3n) is 2.38. The lowest BCUT2D eigenvalue weighted by atomic mass is 10.3. The van der Waals surface area contributed by atoms with Crippen molar-refractivity contribution in [3.63, 3.8) is 0 Å². The van der Waals surface area contributed by atoms with Crippen molar-refractivity contribution < 1.29 is 9.10 Å². The molecule has 16 heavy (non-hydrogen) atoms. The molecule has 2 aromatic heterocycles. The fraction of sp³-hybridized carbons (Fsp3) is 0.417. The lowest BCUT2D eigenvalue weighted by molar-refractivity contribution is -0.754. The van der Waals surface area contributed by atoms with Crippen LogP contribution >= 0.6 is 0 Å². The van der Waals surface area contributed by atoms with E-state index in [1.54, 1.807) is 12.4 Å². The normalized spacial score (nSPS) is 10.6. The van der Waals surface area contributed by atoms with Gasteiger partial charge in [-0.1, -0.05) is 18.0 Å². The minimum absolute atomic E-state index is 0.632. The Balaban J connectivity index is 2.13. The second kappa shape index (κ2) is 4.88. The van der Waals surface area contributed by atoms with Crippen molar-refractivity contribution in [2.24, 2.45) is 0 Å². The van der Waals surface area contributed by atoms with Gasteiger partial charge in [-0.15, -0.1) is 0 Å². The van der Waals surface area contributed by atoms with Crippen molar-refractivity contribution in [1.82, 2.24) is 10.1 Å². The molecular weight excluding hydrogens is 202 g/mol. The molecular formula is C12H16N3O+. The average molecular weight is 218 g/mol. The molecule has 0 atom stereocenters. The zero-order valence-electron chi connectivity index (χ0n) is 9.68. The summed E-state index contributed by atoms with van der Waals surface area (Å²) in [5.41, 5.74) is 0.917. The highest BCUT2D eigenvalue weighted by Gasteiger charge is 2.08. The predicted octanol–water partition coefficient (Wildman–Crippen LogP) is 2.13. The Hall–Kier alpha value is -1.71. The van der Waals surface area contributed by atoms with Crippen LogP contribution in [0, 0.1) is 6.92 Å². The number of aryl methyl sites for hydroxylation is 2. The number of hydrogen-bond donors (Lipinski definition) is 0. The van der Waals surface area contributed by atoms with Gasteiger partial charge >= 0.3 is 0 Å². The summed E-state index contributed by atoms with van der Waals surface area (Å²) in [6, 6.07) is 1.98. The van der Waals surface area contributed by atoms with E-state index in [1.807, 2.05) is 23.9 Å². The lowest BCUT2D eigenvalue weighted by Gasteiger charge is -1.94. The number of nitrogens with zero attached hydrogens (tertiary/aromatic N) is 3. The van der Waals surface area contributed by atoms with E-state index in [2.05, 4.69) is 17.0 Å². The maximum absolute atomic E-state index is 5.43. The fourth-order valence-electron chi connectivity index (χ4n) is 1.45. The molecule has 0 aliphatic carbocycles. The van der Waals surface area contributed by atoms with E-state index in [-0.39, 0.29) is 0 Å². The van der Waals surface area contributed by atoms with Crippen molar-refractivity contribution >= 4 is 0 Å². The lowest BCUT2D eigenvalue weighted by Crippen LogP contribution is -2.37. The van der Waals surface area contributed by atoms with Gasteiger partial charge in [-0.25, -0.2) is 4.98 Å². The first-order valence-corrected chi connectivity index (χ1v) is 5.58. The van der Waals surface area contributed by atoms with Crippen molar-refractivity contribution in [2.45, 2.75) is 33.2 Å². The Morgan fingerprint density at radius 2 is 2.25 bits per heavy atom. The maximum Gasteiger partial charge on any atom is 0.228 e. The highest BCUT2D eigenvalue weighted by molar-refractivity contribution is 5.49. The first-order valence-electron chi connectivity index (χ1n) is 5.58. The summed E-state index contributed by atoms with van der Waals surface area (Å²) in [7, 11) is 0. The van der Waals surface area contributed by atoms with E-state index in [1.165, 1.54) is 6.42 Å². The summed E-state index contributed by atoms with van der Waals surface area (Å²) in [6.07, 6.45) is 7.80. The Labute approximate surface area is 94.9 Å². The Morgan fingerprint density at radius 3 is 2.81 bits per heavy atom. The molecule has 0 unspecified atom stereocenters. The molecule has 0 saturated carbocycles. The Bertz CT molecular complexity index is 448. The molecule has 2 heterocycles. The number of oxazole rings is 1. The molecule has 0 aliphatic heterocycles. The van der Waals surface area contributed by atoms with Crippen LogP contribution in [0.2, 0.25) is 0 Å². The smallest absolute Gasteiger partial charge is 0.228 e. The van der Waals surface area contributed by atoms with Gasteiger partial charge < -0.3 is 4.42 Å². The average Bonchev–Trinajstić information content (AvgIpc) is 2.74. The summed E-state index contributed by atoms with van der Waals surface area (Å²) >= 11 is 0. The van der Waals surface area contributed by atoms with Gasteiger partial charge in [0.2, 0.25) is 5.89 Å². The highest BCUT2D eigenvalue weighted by atomic mass is 16.4. The van der Waals surface area contributed by atoms with E-state index in [0.717, 1.165) is 24.3 Å². The van der Waals surface area contributed by atoms with Crippen LogP contribution < -0.4 is 4.68 Å². The molecule has 0 amide bonds. The monoisotopic (exact) mass is 218 g/mol. The second-order valence-corrected chi connectivity index (χ2v) is 3.81. The van der Waals surface area contributed by atoms with Gasteiger partial charge in [0.15, 0.2) is 12.7 Å². The van der Waals surface area contributed by atoms with E-state index < -0.39 is 0 Å². The molecule has 84 valence electrons. The van der Waals surface area contributed by atoms with Gasteiger partial charge in [0.25, 0.3) is 0 Å². The van der Waals surface area contributed by atoms with Gasteiger partial charge in [-0.2, -0.15) is 0 Å². The molecule has 0 bridgehead atoms. The molecule has 0 aliphatic rings. The summed E-state index contributed by atoms with van der Waals surface area (Å²) in [5, 5.41) is 4.32. The van der Waals surface area contributed by atoms with Crippen LogP contribution in [0.25, 0.3) is 11.5 Å². The molecule has 0 spiro atoms. The number of hydrogen-bond acceptors (Lipinski definition) is 3. The fourth-order valence-corrected chi connectivity index (χ4v) is 1.45. The topological polar surface area (TPSA) is 42.8 Å². The van der Waals surface area contributed by atoms with E-state index >= 15 is 0 Å². The Morgan fingerprint density at radius 1 is 1.38 bits per heavy atom. The van der Waals surface area contributed by atoms with Crippen LogP contribution in [0.5, 0.6) is 0 Å². The van der Waals surface area contributed by atoms with Crippen molar-refractivity contribution in [3.05, 3.63) is 30.4 Å². The zero-order chi connectivity index (χ0) is 11.4. The Kier molecular flexibility index (Phi) is 3.29. The van der Waals surface area contributed by atoms with E-state index in [4.69, 9.17) is 4.42 Å². The van der Waals surface area contributed by atoms with E-state index in [9.17, 15) is 0 Å². The number of unbranched alkanes of at least 4 members (excludes halogenated alkanes) is 1. The molecule has 0 radical (unpaired) electrons. The van der Waals surface area contributed by atoms with E-state index in [0.29, 0.717) is 5.89 Å². The van der Waals surface area contributed by atoms with Gasteiger partial charge in [-0.3, -0.25) is 0 Å². The summed E-state index contributed by atoms with van der Waals surface area (Å²) in [6.45, 7) is 5.01. The van der Waals surface area contributed by atoms with Gasteiger partial charge in [0.1, 0.15) is 12.0 Å². The third kappa shape index (κ3) is 2.45. The molecule has 0 saturated heterocycles. The van der Waals surface area contributed by atoms with Gasteiger partial charge in [0.05, 0.1) is 11.8 Å². The highest BCUT2D eigenvalue weighted by Crippen LogP contribution is 2.15. The van der Waals surface area contributed by atoms with Gasteiger partial charge in [0, 0.05) is 12.5 Å². The van der Waals surface area contributed by atoms with Gasteiger partial charge in [-0.05, 0) is 12.0 Å².